The highest BCUT2D eigenvalue weighted by molar-refractivity contribution is 7.12. The lowest BCUT2D eigenvalue weighted by Crippen LogP contribution is -2.33. The van der Waals surface area contributed by atoms with E-state index in [9.17, 15) is 5.11 Å². The smallest absolute Gasteiger partial charge is 0.0474 e. The van der Waals surface area contributed by atoms with E-state index < -0.39 is 0 Å². The number of nitrogens with one attached hydrogen (secondary N) is 1. The van der Waals surface area contributed by atoms with E-state index in [1.807, 2.05) is 11.3 Å². The molecule has 1 saturated carbocycles. The molecule has 0 bridgehead atoms. The van der Waals surface area contributed by atoms with Crippen molar-refractivity contribution in [2.75, 3.05) is 6.61 Å². The Bertz CT molecular complexity index is 380. The molecule has 1 aromatic rings. The molecule has 18 heavy (non-hydrogen) atoms. The Morgan fingerprint density at radius 3 is 2.72 bits per heavy atom. The minimum atomic E-state index is 0.254. The highest BCUT2D eigenvalue weighted by atomic mass is 32.1. The summed E-state index contributed by atoms with van der Waals surface area (Å²) in [5, 5.41) is 12.9. The largest absolute Gasteiger partial charge is 0.396 e. The lowest BCUT2D eigenvalue weighted by Gasteiger charge is -2.18. The van der Waals surface area contributed by atoms with Gasteiger partial charge in [0.2, 0.25) is 0 Å². The molecule has 1 fully saturated rings. The molecule has 3 heteroatoms. The molecular weight excluding hydrogens is 242 g/mol. The van der Waals surface area contributed by atoms with Crippen LogP contribution < -0.4 is 5.32 Å². The number of rotatable bonds is 4. The molecule has 0 aliphatic heterocycles. The van der Waals surface area contributed by atoms with Gasteiger partial charge in [-0.3, -0.25) is 0 Å². The molecule has 0 amide bonds. The summed E-state index contributed by atoms with van der Waals surface area (Å²) in [6.07, 6.45) is 3.63. The zero-order valence-electron chi connectivity index (χ0n) is 11.7. The van der Waals surface area contributed by atoms with Gasteiger partial charge in [0.15, 0.2) is 0 Å². The molecule has 1 aliphatic carbocycles. The average molecular weight is 267 g/mol. The van der Waals surface area contributed by atoms with Gasteiger partial charge in [0.25, 0.3) is 0 Å². The Balaban J connectivity index is 1.89. The van der Waals surface area contributed by atoms with E-state index in [-0.39, 0.29) is 5.41 Å². The standard InChI is InChI=1S/C15H25NOS/c1-15(2,3)14-8-7-12(18-14)9-16-13-6-4-5-11(13)10-17/h7-8,11,13,16-17H,4-6,9-10H2,1-3H3. The Labute approximate surface area is 114 Å². The molecule has 2 nitrogen and oxygen atoms in total. The van der Waals surface area contributed by atoms with Crippen LogP contribution in [0.15, 0.2) is 12.1 Å². The third-order valence-corrected chi connectivity index (χ3v) is 5.34. The van der Waals surface area contributed by atoms with E-state index in [0.717, 1.165) is 6.54 Å². The van der Waals surface area contributed by atoms with Gasteiger partial charge in [-0.2, -0.15) is 0 Å². The third kappa shape index (κ3) is 3.34. The minimum absolute atomic E-state index is 0.254. The van der Waals surface area contributed by atoms with Gasteiger partial charge in [-0.05, 0) is 36.3 Å². The fourth-order valence-electron chi connectivity index (χ4n) is 2.63. The highest BCUT2D eigenvalue weighted by Crippen LogP contribution is 2.30. The first-order chi connectivity index (χ1) is 8.50. The van der Waals surface area contributed by atoms with Crippen molar-refractivity contribution in [2.24, 2.45) is 5.92 Å². The Kier molecular flexibility index (Phi) is 4.46. The first-order valence-electron chi connectivity index (χ1n) is 6.94. The molecule has 102 valence electrons. The van der Waals surface area contributed by atoms with Crippen LogP contribution >= 0.6 is 11.3 Å². The molecular formula is C15H25NOS. The van der Waals surface area contributed by atoms with E-state index in [2.05, 4.69) is 38.2 Å². The summed E-state index contributed by atoms with van der Waals surface area (Å²) in [5.74, 6) is 0.465. The number of hydrogen-bond acceptors (Lipinski definition) is 3. The van der Waals surface area contributed by atoms with E-state index in [1.54, 1.807) is 0 Å². The molecule has 1 heterocycles. The van der Waals surface area contributed by atoms with Crippen molar-refractivity contribution < 1.29 is 5.11 Å². The number of aliphatic hydroxyl groups excluding tert-OH is 1. The predicted molar refractivity (Wildman–Crippen MR) is 78.1 cm³/mol. The van der Waals surface area contributed by atoms with Crippen molar-refractivity contribution in [1.29, 1.82) is 0 Å². The maximum atomic E-state index is 9.31. The second kappa shape index (κ2) is 5.72. The van der Waals surface area contributed by atoms with Crippen LogP contribution in [-0.2, 0) is 12.0 Å². The number of hydrogen-bond donors (Lipinski definition) is 2. The van der Waals surface area contributed by atoms with Crippen molar-refractivity contribution in [1.82, 2.24) is 5.32 Å². The number of aliphatic hydroxyl groups is 1. The molecule has 1 aliphatic rings. The van der Waals surface area contributed by atoms with E-state index in [1.165, 1.54) is 29.0 Å². The summed E-state index contributed by atoms with van der Waals surface area (Å²) >= 11 is 1.91. The third-order valence-electron chi connectivity index (χ3n) is 3.83. The normalized spacial score (nSPS) is 24.7. The van der Waals surface area contributed by atoms with Crippen molar-refractivity contribution in [3.05, 3.63) is 21.9 Å². The number of thiophene rings is 1. The van der Waals surface area contributed by atoms with Crippen LogP contribution in [0.2, 0.25) is 0 Å². The topological polar surface area (TPSA) is 32.3 Å². The van der Waals surface area contributed by atoms with E-state index in [4.69, 9.17) is 0 Å². The summed E-state index contributed by atoms with van der Waals surface area (Å²) < 4.78 is 0. The van der Waals surface area contributed by atoms with Crippen LogP contribution in [0.4, 0.5) is 0 Å². The van der Waals surface area contributed by atoms with Gasteiger partial charge in [0, 0.05) is 28.9 Å². The van der Waals surface area contributed by atoms with Crippen LogP contribution in [0, 0.1) is 5.92 Å². The predicted octanol–water partition coefficient (Wildman–Crippen LogP) is 3.30. The van der Waals surface area contributed by atoms with Gasteiger partial charge < -0.3 is 10.4 Å². The van der Waals surface area contributed by atoms with Crippen LogP contribution in [0.3, 0.4) is 0 Å². The highest BCUT2D eigenvalue weighted by Gasteiger charge is 2.26. The lowest BCUT2D eigenvalue weighted by atomic mass is 9.95. The van der Waals surface area contributed by atoms with Gasteiger partial charge in [0.1, 0.15) is 0 Å². The van der Waals surface area contributed by atoms with Crippen LogP contribution in [0.25, 0.3) is 0 Å². The Hall–Kier alpha value is -0.380. The fourth-order valence-corrected chi connectivity index (χ4v) is 3.65. The van der Waals surface area contributed by atoms with Crippen molar-refractivity contribution >= 4 is 11.3 Å². The molecule has 2 atom stereocenters. The second-order valence-electron chi connectivity index (χ2n) is 6.38. The van der Waals surface area contributed by atoms with E-state index in [0.29, 0.717) is 18.6 Å². The quantitative estimate of drug-likeness (QED) is 0.877. The molecule has 2 rings (SSSR count). The van der Waals surface area contributed by atoms with Gasteiger partial charge in [-0.1, -0.05) is 27.2 Å². The first-order valence-corrected chi connectivity index (χ1v) is 7.76. The molecule has 0 radical (unpaired) electrons. The van der Waals surface area contributed by atoms with E-state index >= 15 is 0 Å². The Morgan fingerprint density at radius 2 is 2.11 bits per heavy atom. The van der Waals surface area contributed by atoms with Gasteiger partial charge >= 0.3 is 0 Å². The zero-order chi connectivity index (χ0) is 13.2. The summed E-state index contributed by atoms with van der Waals surface area (Å²) in [6, 6.07) is 5.00. The molecule has 2 N–H and O–H groups in total. The summed E-state index contributed by atoms with van der Waals surface area (Å²) in [7, 11) is 0. The van der Waals surface area contributed by atoms with Crippen LogP contribution in [0.5, 0.6) is 0 Å². The summed E-state index contributed by atoms with van der Waals surface area (Å²) in [5.41, 5.74) is 0.254. The van der Waals surface area contributed by atoms with Crippen LogP contribution in [0.1, 0.15) is 49.8 Å². The second-order valence-corrected chi connectivity index (χ2v) is 7.55. The SMILES string of the molecule is CC(C)(C)c1ccc(CNC2CCCC2CO)s1. The molecule has 1 aromatic heterocycles. The minimum Gasteiger partial charge on any atom is -0.396 e. The molecule has 0 aromatic carbocycles. The van der Waals surface area contributed by atoms with Gasteiger partial charge in [0.05, 0.1) is 0 Å². The van der Waals surface area contributed by atoms with Gasteiger partial charge in [-0.25, -0.2) is 0 Å². The maximum Gasteiger partial charge on any atom is 0.0474 e. The molecule has 0 spiro atoms. The lowest BCUT2D eigenvalue weighted by molar-refractivity contribution is 0.205. The first kappa shape index (κ1) is 14.0. The zero-order valence-corrected chi connectivity index (χ0v) is 12.5. The van der Waals surface area contributed by atoms with Crippen molar-refractivity contribution in [3.63, 3.8) is 0 Å². The maximum absolute atomic E-state index is 9.31. The Morgan fingerprint density at radius 1 is 1.33 bits per heavy atom. The molecule has 2 unspecified atom stereocenters. The van der Waals surface area contributed by atoms with Crippen LogP contribution in [-0.4, -0.2) is 17.8 Å². The van der Waals surface area contributed by atoms with Crippen molar-refractivity contribution in [2.45, 2.75) is 58.0 Å². The summed E-state index contributed by atoms with van der Waals surface area (Å²) in [4.78, 5) is 2.85. The van der Waals surface area contributed by atoms with Gasteiger partial charge in [-0.15, -0.1) is 11.3 Å². The fraction of sp³-hybridized carbons (Fsp3) is 0.733. The van der Waals surface area contributed by atoms with Crippen molar-refractivity contribution in [3.8, 4) is 0 Å². The summed E-state index contributed by atoms with van der Waals surface area (Å²) in [6.45, 7) is 8.05. The average Bonchev–Trinajstić information content (AvgIpc) is 2.94. The monoisotopic (exact) mass is 267 g/mol. The molecule has 0 saturated heterocycles.